The molecule has 5 heteroatoms. The Bertz CT molecular complexity index is 416. The van der Waals surface area contributed by atoms with E-state index in [1.807, 2.05) is 42.7 Å². The molecule has 1 fully saturated rings. The molecule has 2 N–H and O–H groups in total. The van der Waals surface area contributed by atoms with E-state index in [2.05, 4.69) is 22.8 Å². The summed E-state index contributed by atoms with van der Waals surface area (Å²) in [6.45, 7) is 1.64. The first-order valence-electron chi connectivity index (χ1n) is 7.07. The molecular weight excluding hydrogens is 288 g/mol. The Morgan fingerprint density at radius 2 is 1.90 bits per heavy atom. The van der Waals surface area contributed by atoms with Gasteiger partial charge in [0.05, 0.1) is 4.58 Å². The van der Waals surface area contributed by atoms with Crippen LogP contribution in [0.1, 0.15) is 33.3 Å². The zero-order chi connectivity index (χ0) is 14.2. The lowest BCUT2D eigenvalue weighted by molar-refractivity contribution is 0.0953. The summed E-state index contributed by atoms with van der Waals surface area (Å²) in [7, 11) is 1.92. The van der Waals surface area contributed by atoms with Crippen LogP contribution >= 0.6 is 23.5 Å². The lowest BCUT2D eigenvalue weighted by Gasteiger charge is -2.21. The van der Waals surface area contributed by atoms with Gasteiger partial charge in [0.2, 0.25) is 0 Å². The topological polar surface area (TPSA) is 41.1 Å². The Morgan fingerprint density at radius 3 is 2.55 bits per heavy atom. The number of carbonyl (C=O) groups excluding carboxylic acids is 1. The van der Waals surface area contributed by atoms with E-state index in [4.69, 9.17) is 0 Å². The van der Waals surface area contributed by atoms with Crippen molar-refractivity contribution in [1.29, 1.82) is 0 Å². The highest BCUT2D eigenvalue weighted by Gasteiger charge is 2.16. The first-order chi connectivity index (χ1) is 9.81. The van der Waals surface area contributed by atoms with Crippen LogP contribution in [0.25, 0.3) is 0 Å². The third-order valence-electron chi connectivity index (χ3n) is 3.16. The molecule has 0 bridgehead atoms. The number of amides is 1. The van der Waals surface area contributed by atoms with Gasteiger partial charge in [0.25, 0.3) is 5.91 Å². The van der Waals surface area contributed by atoms with Crippen molar-refractivity contribution in [3.8, 4) is 0 Å². The third-order valence-corrected chi connectivity index (χ3v) is 6.18. The van der Waals surface area contributed by atoms with Crippen LogP contribution in [-0.2, 0) is 0 Å². The van der Waals surface area contributed by atoms with Crippen LogP contribution in [0.15, 0.2) is 24.3 Å². The molecule has 1 aliphatic rings. The molecule has 0 unspecified atom stereocenters. The maximum Gasteiger partial charge on any atom is 0.251 e. The summed E-state index contributed by atoms with van der Waals surface area (Å²) in [5.41, 5.74) is 2.08. The fourth-order valence-electron chi connectivity index (χ4n) is 2.04. The summed E-state index contributed by atoms with van der Waals surface area (Å²) in [5.74, 6) is 2.51. The number of hydrogen-bond acceptors (Lipinski definition) is 4. The highest BCUT2D eigenvalue weighted by molar-refractivity contribution is 8.16. The molecule has 1 amide bonds. The number of carbonyl (C=O) groups is 1. The number of hydrogen-bond donors (Lipinski definition) is 2. The van der Waals surface area contributed by atoms with E-state index in [0.29, 0.717) is 4.58 Å². The largest absolute Gasteiger partial charge is 0.352 e. The van der Waals surface area contributed by atoms with Gasteiger partial charge in [0.1, 0.15) is 0 Å². The van der Waals surface area contributed by atoms with Crippen LogP contribution in [0.5, 0.6) is 0 Å². The summed E-state index contributed by atoms with van der Waals surface area (Å²) < 4.78 is 0.538. The molecule has 1 saturated heterocycles. The molecule has 1 aromatic rings. The Balaban J connectivity index is 1.85. The van der Waals surface area contributed by atoms with Gasteiger partial charge in [-0.2, -0.15) is 0 Å². The van der Waals surface area contributed by atoms with E-state index in [1.165, 1.54) is 23.5 Å². The van der Waals surface area contributed by atoms with Crippen molar-refractivity contribution in [2.75, 3.05) is 31.6 Å². The van der Waals surface area contributed by atoms with Gasteiger partial charge in [-0.15, -0.1) is 23.5 Å². The van der Waals surface area contributed by atoms with E-state index in [-0.39, 0.29) is 5.91 Å². The maximum absolute atomic E-state index is 12.0. The highest BCUT2D eigenvalue weighted by Crippen LogP contribution is 2.43. The third kappa shape index (κ3) is 4.72. The van der Waals surface area contributed by atoms with Crippen molar-refractivity contribution in [1.82, 2.24) is 10.6 Å². The maximum atomic E-state index is 12.0. The molecule has 0 radical (unpaired) electrons. The predicted octanol–water partition coefficient (Wildman–Crippen LogP) is 2.89. The Labute approximate surface area is 129 Å². The Kier molecular flexibility index (Phi) is 6.76. The normalized spacial score (nSPS) is 16.1. The highest BCUT2D eigenvalue weighted by atomic mass is 32.2. The minimum atomic E-state index is 0.0246. The van der Waals surface area contributed by atoms with Gasteiger partial charge in [-0.1, -0.05) is 12.1 Å². The quantitative estimate of drug-likeness (QED) is 0.793. The van der Waals surface area contributed by atoms with E-state index in [0.717, 1.165) is 25.1 Å². The predicted molar refractivity (Wildman–Crippen MR) is 89.6 cm³/mol. The van der Waals surface area contributed by atoms with Gasteiger partial charge < -0.3 is 10.6 Å². The smallest absolute Gasteiger partial charge is 0.251 e. The van der Waals surface area contributed by atoms with Gasteiger partial charge in [0, 0.05) is 12.1 Å². The molecular formula is C15H22N2OS2. The summed E-state index contributed by atoms with van der Waals surface area (Å²) in [6, 6.07) is 8.08. The van der Waals surface area contributed by atoms with Crippen molar-refractivity contribution in [3.05, 3.63) is 35.4 Å². The minimum absolute atomic E-state index is 0.0246. The number of rotatable bonds is 6. The molecule has 0 aliphatic carbocycles. The molecule has 2 rings (SSSR count). The summed E-state index contributed by atoms with van der Waals surface area (Å²) >= 11 is 4.01. The second-order valence-corrected chi connectivity index (χ2v) is 7.49. The summed E-state index contributed by atoms with van der Waals surface area (Å²) in [5, 5.41) is 6.01. The number of benzene rings is 1. The van der Waals surface area contributed by atoms with E-state index in [9.17, 15) is 4.79 Å². The number of thioether (sulfide) groups is 2. The zero-order valence-corrected chi connectivity index (χ0v) is 13.5. The summed E-state index contributed by atoms with van der Waals surface area (Å²) in [6.07, 6.45) is 2.26. The van der Waals surface area contributed by atoms with E-state index in [1.54, 1.807) is 0 Å². The lowest BCUT2D eigenvalue weighted by atomic mass is 10.1. The molecule has 0 atom stereocenters. The molecule has 0 saturated carbocycles. The van der Waals surface area contributed by atoms with Gasteiger partial charge in [-0.3, -0.25) is 4.79 Å². The fourth-order valence-corrected chi connectivity index (χ4v) is 4.94. The standard InChI is InChI=1S/C15H22N2OS2/c1-16-8-2-9-17-14(18)12-4-6-13(7-5-12)15-19-10-3-11-20-15/h4-7,15-16H,2-3,8-11H2,1H3,(H,17,18). The van der Waals surface area contributed by atoms with Crippen LogP contribution in [0.4, 0.5) is 0 Å². The van der Waals surface area contributed by atoms with E-state index < -0.39 is 0 Å². The minimum Gasteiger partial charge on any atom is -0.352 e. The van der Waals surface area contributed by atoms with Crippen LogP contribution in [0.2, 0.25) is 0 Å². The second-order valence-electron chi connectivity index (χ2n) is 4.76. The van der Waals surface area contributed by atoms with Crippen LogP contribution < -0.4 is 10.6 Å². The van der Waals surface area contributed by atoms with Gasteiger partial charge >= 0.3 is 0 Å². The van der Waals surface area contributed by atoms with Crippen molar-refractivity contribution in [2.45, 2.75) is 17.4 Å². The first-order valence-corrected chi connectivity index (χ1v) is 9.17. The molecule has 1 aliphatic heterocycles. The average Bonchev–Trinajstić information content (AvgIpc) is 2.52. The van der Waals surface area contributed by atoms with Crippen LogP contribution in [-0.4, -0.2) is 37.6 Å². The zero-order valence-electron chi connectivity index (χ0n) is 11.9. The Morgan fingerprint density at radius 1 is 1.20 bits per heavy atom. The van der Waals surface area contributed by atoms with E-state index >= 15 is 0 Å². The van der Waals surface area contributed by atoms with Crippen molar-refractivity contribution in [2.24, 2.45) is 0 Å². The lowest BCUT2D eigenvalue weighted by Crippen LogP contribution is -2.26. The average molecular weight is 310 g/mol. The number of nitrogens with one attached hydrogen (secondary N) is 2. The van der Waals surface area contributed by atoms with Crippen molar-refractivity contribution < 1.29 is 4.79 Å². The van der Waals surface area contributed by atoms with Crippen molar-refractivity contribution in [3.63, 3.8) is 0 Å². The van der Waals surface area contributed by atoms with Gasteiger partial charge in [0.15, 0.2) is 0 Å². The first kappa shape index (κ1) is 15.7. The molecule has 1 aromatic carbocycles. The fraction of sp³-hybridized carbons (Fsp3) is 0.533. The summed E-state index contributed by atoms with van der Waals surface area (Å²) in [4.78, 5) is 12.0. The molecule has 0 aromatic heterocycles. The van der Waals surface area contributed by atoms with Gasteiger partial charge in [-0.05, 0) is 55.6 Å². The molecule has 110 valence electrons. The molecule has 3 nitrogen and oxygen atoms in total. The van der Waals surface area contributed by atoms with Crippen molar-refractivity contribution >= 4 is 29.4 Å². The second kappa shape index (κ2) is 8.60. The molecule has 20 heavy (non-hydrogen) atoms. The van der Waals surface area contributed by atoms with Crippen LogP contribution in [0.3, 0.4) is 0 Å². The van der Waals surface area contributed by atoms with Crippen LogP contribution in [0, 0.1) is 0 Å². The molecule has 1 heterocycles. The monoisotopic (exact) mass is 310 g/mol. The molecule has 0 spiro atoms. The Hall–Kier alpha value is -0.650. The van der Waals surface area contributed by atoms with Gasteiger partial charge in [-0.25, -0.2) is 0 Å². The SMILES string of the molecule is CNCCCNC(=O)c1ccc(C2SCCCS2)cc1.